The van der Waals surface area contributed by atoms with Crippen LogP contribution in [-0.4, -0.2) is 54.4 Å². The van der Waals surface area contributed by atoms with Crippen molar-refractivity contribution in [2.45, 2.75) is 20.8 Å². The van der Waals surface area contributed by atoms with Gasteiger partial charge in [-0.1, -0.05) is 12.1 Å². The van der Waals surface area contributed by atoms with E-state index < -0.39 is 0 Å². The summed E-state index contributed by atoms with van der Waals surface area (Å²) < 4.78 is 25.0. The molecule has 1 aliphatic heterocycles. The summed E-state index contributed by atoms with van der Waals surface area (Å²) in [5, 5.41) is 0.857. The van der Waals surface area contributed by atoms with Crippen LogP contribution in [0.25, 0.3) is 27.7 Å². The number of piperazine rings is 1. The highest BCUT2D eigenvalue weighted by Gasteiger charge is 2.22. The molecular weight excluding hydrogens is 423 g/mol. The van der Waals surface area contributed by atoms with Crippen molar-refractivity contribution < 1.29 is 23.1 Å². The van der Waals surface area contributed by atoms with E-state index >= 15 is 0 Å². The number of hydrogen-bond donors (Lipinski definition) is 0. The van der Waals surface area contributed by atoms with Crippen LogP contribution in [-0.2, 0) is 9.59 Å². The minimum absolute atomic E-state index is 0.0283. The highest BCUT2D eigenvalue weighted by Crippen LogP contribution is 2.37. The number of benzene rings is 2. The summed E-state index contributed by atoms with van der Waals surface area (Å²) in [5.74, 6) is 0.269. The number of carbonyl (C=O) groups is 2. The fourth-order valence-corrected chi connectivity index (χ4v) is 4.09. The SMILES string of the molecule is CCOc1cc2occ(-c3ccc(F)cc3)c2cc1/C(C)=C/C(=O)N1CCN(C(C)=O)CC1. The van der Waals surface area contributed by atoms with Crippen LogP contribution in [0.2, 0.25) is 0 Å². The fraction of sp³-hybridized carbons (Fsp3) is 0.308. The van der Waals surface area contributed by atoms with Gasteiger partial charge in [0.25, 0.3) is 0 Å². The van der Waals surface area contributed by atoms with Crippen molar-refractivity contribution in [2.75, 3.05) is 32.8 Å². The molecule has 4 rings (SSSR count). The molecule has 1 aliphatic rings. The van der Waals surface area contributed by atoms with Gasteiger partial charge in [-0.3, -0.25) is 9.59 Å². The van der Waals surface area contributed by atoms with E-state index in [0.717, 1.165) is 27.6 Å². The van der Waals surface area contributed by atoms with Gasteiger partial charge in [0, 0.05) is 61.8 Å². The minimum Gasteiger partial charge on any atom is -0.493 e. The molecule has 0 spiro atoms. The Labute approximate surface area is 192 Å². The Hall–Kier alpha value is -3.61. The zero-order valence-corrected chi connectivity index (χ0v) is 19.1. The normalized spacial score (nSPS) is 14.6. The number of halogens is 1. The third-order valence-corrected chi connectivity index (χ3v) is 5.93. The van der Waals surface area contributed by atoms with E-state index in [1.807, 2.05) is 26.0 Å². The molecule has 0 radical (unpaired) electrons. The second kappa shape index (κ2) is 9.48. The van der Waals surface area contributed by atoms with Crippen molar-refractivity contribution in [1.29, 1.82) is 0 Å². The summed E-state index contributed by atoms with van der Waals surface area (Å²) in [4.78, 5) is 28.0. The second-order valence-corrected chi connectivity index (χ2v) is 8.09. The Morgan fingerprint density at radius 2 is 1.73 bits per heavy atom. The van der Waals surface area contributed by atoms with Crippen LogP contribution in [0, 0.1) is 5.82 Å². The molecule has 0 unspecified atom stereocenters. The zero-order valence-electron chi connectivity index (χ0n) is 19.1. The van der Waals surface area contributed by atoms with Crippen LogP contribution >= 0.6 is 0 Å². The quantitative estimate of drug-likeness (QED) is 0.527. The Morgan fingerprint density at radius 1 is 1.06 bits per heavy atom. The summed E-state index contributed by atoms with van der Waals surface area (Å²) in [6.07, 6.45) is 3.26. The molecule has 0 aliphatic carbocycles. The molecule has 6 nitrogen and oxygen atoms in total. The Bertz CT molecular complexity index is 1210. The third-order valence-electron chi connectivity index (χ3n) is 5.93. The van der Waals surface area contributed by atoms with Crippen molar-refractivity contribution in [1.82, 2.24) is 9.80 Å². The maximum atomic E-state index is 13.4. The molecule has 2 amide bonds. The van der Waals surface area contributed by atoms with E-state index in [1.54, 1.807) is 41.2 Å². The van der Waals surface area contributed by atoms with Crippen LogP contribution in [0.15, 0.2) is 53.2 Å². The lowest BCUT2D eigenvalue weighted by Gasteiger charge is -2.33. The largest absolute Gasteiger partial charge is 0.493 e. The number of fused-ring (bicyclic) bond motifs is 1. The number of allylic oxidation sites excluding steroid dienone is 1. The van der Waals surface area contributed by atoms with Gasteiger partial charge in [-0.05, 0) is 43.2 Å². The number of carbonyl (C=O) groups excluding carboxylic acids is 2. The topological polar surface area (TPSA) is 63.0 Å². The molecule has 172 valence electrons. The van der Waals surface area contributed by atoms with E-state index in [4.69, 9.17) is 9.15 Å². The maximum Gasteiger partial charge on any atom is 0.246 e. The van der Waals surface area contributed by atoms with Gasteiger partial charge in [0.1, 0.15) is 17.1 Å². The molecule has 0 saturated carbocycles. The molecule has 1 fully saturated rings. The number of furan rings is 1. The van der Waals surface area contributed by atoms with Crippen molar-refractivity contribution in [3.8, 4) is 16.9 Å². The van der Waals surface area contributed by atoms with E-state index in [-0.39, 0.29) is 17.6 Å². The fourth-order valence-electron chi connectivity index (χ4n) is 4.09. The number of ether oxygens (including phenoxy) is 1. The molecule has 33 heavy (non-hydrogen) atoms. The van der Waals surface area contributed by atoms with Crippen molar-refractivity contribution in [2.24, 2.45) is 0 Å². The summed E-state index contributed by atoms with van der Waals surface area (Å²) in [5.41, 5.74) is 3.90. The van der Waals surface area contributed by atoms with Gasteiger partial charge in [-0.15, -0.1) is 0 Å². The van der Waals surface area contributed by atoms with Crippen LogP contribution in [0.4, 0.5) is 4.39 Å². The van der Waals surface area contributed by atoms with Gasteiger partial charge in [0.2, 0.25) is 11.8 Å². The highest BCUT2D eigenvalue weighted by atomic mass is 19.1. The van der Waals surface area contributed by atoms with E-state index in [0.29, 0.717) is 44.1 Å². The first-order valence-corrected chi connectivity index (χ1v) is 11.0. The molecule has 1 saturated heterocycles. The minimum atomic E-state index is -0.299. The molecule has 0 atom stereocenters. The van der Waals surface area contributed by atoms with Crippen LogP contribution in [0.1, 0.15) is 26.3 Å². The Morgan fingerprint density at radius 3 is 2.36 bits per heavy atom. The molecule has 3 aromatic rings. The predicted octanol–water partition coefficient (Wildman–Crippen LogP) is 4.73. The van der Waals surface area contributed by atoms with Gasteiger partial charge in [0.05, 0.1) is 12.9 Å². The van der Waals surface area contributed by atoms with Gasteiger partial charge in [0.15, 0.2) is 0 Å². The predicted molar refractivity (Wildman–Crippen MR) is 125 cm³/mol. The number of nitrogens with zero attached hydrogens (tertiary/aromatic N) is 2. The van der Waals surface area contributed by atoms with Crippen LogP contribution in [0.5, 0.6) is 5.75 Å². The van der Waals surface area contributed by atoms with Crippen molar-refractivity contribution >= 4 is 28.4 Å². The molecular formula is C26H27FN2O4. The van der Waals surface area contributed by atoms with Gasteiger partial charge >= 0.3 is 0 Å². The standard InChI is InChI=1S/C26H27FN2O4/c1-4-32-24-15-25-22(23(16-33-25)19-5-7-20(27)8-6-19)14-21(24)17(2)13-26(31)29-11-9-28(10-12-29)18(3)30/h5-8,13-16H,4,9-12H2,1-3H3/b17-13+. The van der Waals surface area contributed by atoms with E-state index in [9.17, 15) is 14.0 Å². The lowest BCUT2D eigenvalue weighted by atomic mass is 9.99. The first-order valence-electron chi connectivity index (χ1n) is 11.0. The smallest absolute Gasteiger partial charge is 0.246 e. The number of amides is 2. The maximum absolute atomic E-state index is 13.4. The number of rotatable bonds is 5. The number of hydrogen-bond acceptors (Lipinski definition) is 4. The van der Waals surface area contributed by atoms with Crippen molar-refractivity contribution in [3.63, 3.8) is 0 Å². The van der Waals surface area contributed by atoms with Crippen molar-refractivity contribution in [3.05, 3.63) is 60.1 Å². The van der Waals surface area contributed by atoms with Crippen LogP contribution in [0.3, 0.4) is 0 Å². The summed E-state index contributed by atoms with van der Waals surface area (Å²) in [6.45, 7) is 7.90. The molecule has 0 bridgehead atoms. The molecule has 1 aromatic heterocycles. The molecule has 2 aromatic carbocycles. The lowest BCUT2D eigenvalue weighted by molar-refractivity contribution is -0.135. The lowest BCUT2D eigenvalue weighted by Crippen LogP contribution is -2.49. The summed E-state index contributed by atoms with van der Waals surface area (Å²) >= 11 is 0. The highest BCUT2D eigenvalue weighted by molar-refractivity contribution is 6.00. The van der Waals surface area contributed by atoms with Gasteiger partial charge in [-0.2, -0.15) is 0 Å². The average molecular weight is 451 g/mol. The van der Waals surface area contributed by atoms with Gasteiger partial charge < -0.3 is 19.0 Å². The average Bonchev–Trinajstić information content (AvgIpc) is 3.22. The monoisotopic (exact) mass is 450 g/mol. The molecule has 0 N–H and O–H groups in total. The summed E-state index contributed by atoms with van der Waals surface area (Å²) in [6, 6.07) is 10.0. The first kappa shape index (κ1) is 22.6. The Kier molecular flexibility index (Phi) is 6.49. The molecule has 7 heteroatoms. The Balaban J connectivity index is 1.66. The van der Waals surface area contributed by atoms with Gasteiger partial charge in [-0.25, -0.2) is 4.39 Å². The third kappa shape index (κ3) is 4.77. The molecule has 2 heterocycles. The zero-order chi connectivity index (χ0) is 23.5. The van der Waals surface area contributed by atoms with Crippen LogP contribution < -0.4 is 4.74 Å². The van der Waals surface area contributed by atoms with E-state index in [2.05, 4.69) is 0 Å². The summed E-state index contributed by atoms with van der Waals surface area (Å²) in [7, 11) is 0. The second-order valence-electron chi connectivity index (χ2n) is 8.09. The van der Waals surface area contributed by atoms with E-state index in [1.165, 1.54) is 12.1 Å². The first-order chi connectivity index (χ1) is 15.9.